The predicted octanol–water partition coefficient (Wildman–Crippen LogP) is 1.92. The number of hydrogen-bond acceptors (Lipinski definition) is 4. The Kier molecular flexibility index (Phi) is 12.4. The van der Waals surface area contributed by atoms with Gasteiger partial charge in [0, 0.05) is 38.3 Å². The predicted molar refractivity (Wildman–Crippen MR) is 106 cm³/mol. The molecule has 0 saturated heterocycles. The second kappa shape index (κ2) is 13.1. The Hall–Kier alpha value is -1.29. The van der Waals surface area contributed by atoms with Gasteiger partial charge in [0.1, 0.15) is 0 Å². The molecule has 7 nitrogen and oxygen atoms in total. The van der Waals surface area contributed by atoms with Crippen molar-refractivity contribution in [2.75, 3.05) is 33.4 Å². The van der Waals surface area contributed by atoms with E-state index in [9.17, 15) is 4.79 Å². The van der Waals surface area contributed by atoms with Crippen molar-refractivity contribution >= 4 is 35.8 Å². The fourth-order valence-electron chi connectivity index (χ4n) is 2.00. The molecule has 1 amide bonds. The highest BCUT2D eigenvalue weighted by molar-refractivity contribution is 14.0. The summed E-state index contributed by atoms with van der Waals surface area (Å²) in [4.78, 5) is 16.3. The van der Waals surface area contributed by atoms with Gasteiger partial charge in [0.15, 0.2) is 11.7 Å². The van der Waals surface area contributed by atoms with Crippen LogP contribution in [0.3, 0.4) is 0 Å². The number of amides is 1. The number of halogens is 1. The summed E-state index contributed by atoms with van der Waals surface area (Å²) in [6, 6.07) is 1.95. The quantitative estimate of drug-likeness (QED) is 0.231. The van der Waals surface area contributed by atoms with Crippen LogP contribution in [0, 0.1) is 6.92 Å². The van der Waals surface area contributed by atoms with Crippen LogP contribution in [0.25, 0.3) is 0 Å². The van der Waals surface area contributed by atoms with Crippen LogP contribution in [0.5, 0.6) is 0 Å². The monoisotopic (exact) mass is 452 g/mol. The Morgan fingerprint density at radius 1 is 1.42 bits per heavy atom. The molecule has 0 aliphatic rings. The van der Waals surface area contributed by atoms with Crippen molar-refractivity contribution in [1.82, 2.24) is 16.0 Å². The molecule has 1 heterocycles. The maximum absolute atomic E-state index is 11.9. The normalized spacial score (nSPS) is 12.2. The number of methoxy groups -OCH3 is 1. The summed E-state index contributed by atoms with van der Waals surface area (Å²) in [5.74, 6) is 0.942. The van der Waals surface area contributed by atoms with E-state index in [-0.39, 0.29) is 35.9 Å². The lowest BCUT2D eigenvalue weighted by Gasteiger charge is -2.16. The molecule has 0 radical (unpaired) electrons. The Balaban J connectivity index is 0.00000529. The van der Waals surface area contributed by atoms with Gasteiger partial charge in [-0.25, -0.2) is 0 Å². The number of aryl methyl sites for hydroxylation is 1. The number of nitrogens with one attached hydrogen (secondary N) is 3. The van der Waals surface area contributed by atoms with Gasteiger partial charge in [-0.05, 0) is 33.3 Å². The largest absolute Gasteiger partial charge is 0.459 e. The molecule has 0 bridgehead atoms. The van der Waals surface area contributed by atoms with Crippen LogP contribution in [0.1, 0.15) is 36.4 Å². The Morgan fingerprint density at radius 3 is 2.75 bits per heavy atom. The lowest BCUT2D eigenvalue weighted by molar-refractivity contribution is 0.0925. The third-order valence-electron chi connectivity index (χ3n) is 3.10. The second-order valence-corrected chi connectivity index (χ2v) is 5.30. The highest BCUT2D eigenvalue weighted by atomic mass is 127. The molecule has 0 fully saturated rings. The van der Waals surface area contributed by atoms with Gasteiger partial charge >= 0.3 is 0 Å². The number of guanidine groups is 1. The average molecular weight is 452 g/mol. The molecule has 3 N–H and O–H groups in total. The zero-order valence-electron chi connectivity index (χ0n) is 14.8. The molecule has 8 heteroatoms. The maximum atomic E-state index is 11.9. The fourth-order valence-corrected chi connectivity index (χ4v) is 2.00. The molecule has 0 aliphatic heterocycles. The van der Waals surface area contributed by atoms with Crippen LogP contribution in [0.4, 0.5) is 0 Å². The Bertz CT molecular complexity index is 505. The van der Waals surface area contributed by atoms with Gasteiger partial charge in [-0.1, -0.05) is 0 Å². The third kappa shape index (κ3) is 8.53. The topological polar surface area (TPSA) is 87.9 Å². The summed E-state index contributed by atoms with van der Waals surface area (Å²) in [6.07, 6.45) is 2.27. The number of carbonyl (C=O) groups excluding carboxylic acids is 1. The van der Waals surface area contributed by atoms with Crippen molar-refractivity contribution in [3.63, 3.8) is 0 Å². The van der Waals surface area contributed by atoms with Crippen molar-refractivity contribution in [3.8, 4) is 0 Å². The summed E-state index contributed by atoms with van der Waals surface area (Å²) in [6.45, 7) is 8.47. The first-order valence-corrected chi connectivity index (χ1v) is 7.94. The van der Waals surface area contributed by atoms with Crippen LogP contribution in [0.2, 0.25) is 0 Å². The van der Waals surface area contributed by atoms with E-state index in [1.165, 1.54) is 6.26 Å². The van der Waals surface area contributed by atoms with Crippen LogP contribution in [-0.2, 0) is 4.74 Å². The van der Waals surface area contributed by atoms with Crippen LogP contribution in [-0.4, -0.2) is 51.3 Å². The lowest BCUT2D eigenvalue weighted by atomic mass is 10.2. The lowest BCUT2D eigenvalue weighted by Crippen LogP contribution is -2.44. The number of ether oxygens (including phenoxy) is 1. The molecule has 1 atom stereocenters. The van der Waals surface area contributed by atoms with Crippen molar-refractivity contribution in [2.45, 2.75) is 33.2 Å². The summed E-state index contributed by atoms with van der Waals surface area (Å²) >= 11 is 0. The number of rotatable bonds is 9. The van der Waals surface area contributed by atoms with E-state index in [2.05, 4.69) is 20.9 Å². The van der Waals surface area contributed by atoms with Crippen molar-refractivity contribution in [2.24, 2.45) is 4.99 Å². The zero-order chi connectivity index (χ0) is 17.1. The summed E-state index contributed by atoms with van der Waals surface area (Å²) in [5.41, 5.74) is 0.839. The van der Waals surface area contributed by atoms with Gasteiger partial charge in [0.05, 0.1) is 12.9 Å². The molecule has 1 aromatic rings. The number of carbonyl (C=O) groups is 1. The Morgan fingerprint density at radius 2 is 2.17 bits per heavy atom. The number of aliphatic imine (C=N–C) groups is 1. The first kappa shape index (κ1) is 22.7. The summed E-state index contributed by atoms with van der Waals surface area (Å²) < 4.78 is 10.2. The first-order valence-electron chi connectivity index (χ1n) is 7.94. The van der Waals surface area contributed by atoms with Gasteiger partial charge in [-0.3, -0.25) is 9.79 Å². The molecule has 0 spiro atoms. The van der Waals surface area contributed by atoms with Crippen molar-refractivity contribution in [1.29, 1.82) is 0 Å². The van der Waals surface area contributed by atoms with E-state index in [1.807, 2.05) is 20.8 Å². The molecule has 138 valence electrons. The van der Waals surface area contributed by atoms with Crippen molar-refractivity contribution in [3.05, 3.63) is 23.7 Å². The molecule has 0 aromatic carbocycles. The average Bonchev–Trinajstić information content (AvgIpc) is 2.93. The molecule has 1 rings (SSSR count). The van der Waals surface area contributed by atoms with Gasteiger partial charge in [0.2, 0.25) is 0 Å². The van der Waals surface area contributed by atoms with Gasteiger partial charge < -0.3 is 25.1 Å². The standard InChI is InChI=1S/C16H28N4O3.HI/c1-5-17-16(20-13(3)11-22-4)19-9-6-8-18-15(21)14-12(2)7-10-23-14;/h7,10,13H,5-6,8-9,11H2,1-4H3,(H,18,21)(H2,17,19,20);1H. The minimum absolute atomic E-state index is 0. The van der Waals surface area contributed by atoms with E-state index in [1.54, 1.807) is 13.2 Å². The third-order valence-corrected chi connectivity index (χ3v) is 3.10. The van der Waals surface area contributed by atoms with E-state index in [0.29, 0.717) is 25.5 Å². The minimum atomic E-state index is -0.185. The number of hydrogen-bond donors (Lipinski definition) is 3. The smallest absolute Gasteiger partial charge is 0.287 e. The second-order valence-electron chi connectivity index (χ2n) is 5.30. The van der Waals surface area contributed by atoms with Crippen LogP contribution >= 0.6 is 24.0 Å². The SMILES string of the molecule is CCNC(=NCCCNC(=O)c1occc1C)NC(C)COC.I. The molecule has 0 saturated carbocycles. The minimum Gasteiger partial charge on any atom is -0.459 e. The number of furan rings is 1. The first-order chi connectivity index (χ1) is 11.1. The van der Waals surface area contributed by atoms with E-state index in [4.69, 9.17) is 9.15 Å². The van der Waals surface area contributed by atoms with E-state index in [0.717, 1.165) is 24.5 Å². The van der Waals surface area contributed by atoms with E-state index >= 15 is 0 Å². The van der Waals surface area contributed by atoms with Gasteiger partial charge in [-0.2, -0.15) is 0 Å². The Labute approximate surface area is 161 Å². The molecule has 0 aliphatic carbocycles. The fraction of sp³-hybridized carbons (Fsp3) is 0.625. The van der Waals surface area contributed by atoms with Crippen molar-refractivity contribution < 1.29 is 13.9 Å². The molecular weight excluding hydrogens is 423 g/mol. The molecule has 1 aromatic heterocycles. The maximum Gasteiger partial charge on any atom is 0.287 e. The molecule has 1 unspecified atom stereocenters. The zero-order valence-corrected chi connectivity index (χ0v) is 17.2. The van der Waals surface area contributed by atoms with Gasteiger partial charge in [0.25, 0.3) is 5.91 Å². The summed E-state index contributed by atoms with van der Waals surface area (Å²) in [5, 5.41) is 9.27. The van der Waals surface area contributed by atoms with Crippen LogP contribution in [0.15, 0.2) is 21.7 Å². The summed E-state index contributed by atoms with van der Waals surface area (Å²) in [7, 11) is 1.67. The molecular formula is C16H29IN4O3. The van der Waals surface area contributed by atoms with Gasteiger partial charge in [-0.15, -0.1) is 24.0 Å². The highest BCUT2D eigenvalue weighted by Crippen LogP contribution is 2.07. The highest BCUT2D eigenvalue weighted by Gasteiger charge is 2.11. The van der Waals surface area contributed by atoms with E-state index < -0.39 is 0 Å². The number of nitrogens with zero attached hydrogens (tertiary/aromatic N) is 1. The van der Waals surface area contributed by atoms with Crippen LogP contribution < -0.4 is 16.0 Å². The molecule has 24 heavy (non-hydrogen) atoms.